The fourth-order valence-corrected chi connectivity index (χ4v) is 2.73. The van der Waals surface area contributed by atoms with Gasteiger partial charge in [0.1, 0.15) is 0 Å². The predicted octanol–water partition coefficient (Wildman–Crippen LogP) is 4.00. The fraction of sp³-hybridized carbons (Fsp3) is 0.167. The van der Waals surface area contributed by atoms with Crippen LogP contribution in [0.5, 0.6) is 0 Å². The van der Waals surface area contributed by atoms with Crippen LogP contribution in [0.2, 0.25) is 0 Å². The van der Waals surface area contributed by atoms with E-state index in [1.807, 2.05) is 79.7 Å². The molecule has 2 aromatic rings. The van der Waals surface area contributed by atoms with E-state index >= 15 is 0 Å². The average Bonchev–Trinajstić information content (AvgIpc) is 2.53. The number of hydrogen-bond donors (Lipinski definition) is 1. The predicted molar refractivity (Wildman–Crippen MR) is 90.2 cm³/mol. The summed E-state index contributed by atoms with van der Waals surface area (Å²) in [6, 6.07) is 20.0. The van der Waals surface area contributed by atoms with Crippen LogP contribution >= 0.6 is 11.8 Å². The SMILES string of the molecule is CC(Sc1ccccc1)C(=O)NC/C=C/c1ccccc1. The Morgan fingerprint density at radius 3 is 2.38 bits per heavy atom. The number of nitrogens with one attached hydrogen (secondary N) is 1. The first-order valence-electron chi connectivity index (χ1n) is 6.97. The first kappa shape index (κ1) is 15.4. The molecule has 0 heterocycles. The molecule has 21 heavy (non-hydrogen) atoms. The maximum Gasteiger partial charge on any atom is 0.233 e. The fourth-order valence-electron chi connectivity index (χ4n) is 1.82. The van der Waals surface area contributed by atoms with Gasteiger partial charge in [0.05, 0.1) is 5.25 Å². The Balaban J connectivity index is 1.75. The molecule has 1 unspecified atom stereocenters. The summed E-state index contributed by atoms with van der Waals surface area (Å²) in [7, 11) is 0. The molecule has 0 aliphatic rings. The van der Waals surface area contributed by atoms with Gasteiger partial charge in [0.2, 0.25) is 5.91 Å². The lowest BCUT2D eigenvalue weighted by Crippen LogP contribution is -2.30. The third kappa shape index (κ3) is 5.48. The normalized spacial score (nSPS) is 12.2. The quantitative estimate of drug-likeness (QED) is 0.817. The van der Waals surface area contributed by atoms with Gasteiger partial charge in [0.15, 0.2) is 0 Å². The minimum Gasteiger partial charge on any atom is -0.352 e. The van der Waals surface area contributed by atoms with Crippen molar-refractivity contribution in [2.45, 2.75) is 17.1 Å². The molecule has 1 amide bonds. The molecule has 3 heteroatoms. The molecule has 1 atom stereocenters. The zero-order valence-corrected chi connectivity index (χ0v) is 12.8. The number of thioether (sulfide) groups is 1. The van der Waals surface area contributed by atoms with Crippen molar-refractivity contribution < 1.29 is 4.79 Å². The third-order valence-corrected chi connectivity index (χ3v) is 4.04. The second-order valence-corrected chi connectivity index (χ2v) is 6.05. The van der Waals surface area contributed by atoms with Crippen LogP contribution in [-0.4, -0.2) is 17.7 Å². The average molecular weight is 297 g/mol. The minimum atomic E-state index is -0.0995. The zero-order chi connectivity index (χ0) is 14.9. The maximum atomic E-state index is 12.0. The van der Waals surface area contributed by atoms with E-state index in [-0.39, 0.29) is 11.2 Å². The van der Waals surface area contributed by atoms with Gasteiger partial charge in [-0.05, 0) is 24.6 Å². The molecule has 0 saturated carbocycles. The van der Waals surface area contributed by atoms with Crippen molar-refractivity contribution >= 4 is 23.7 Å². The van der Waals surface area contributed by atoms with Crippen LogP contribution in [0.1, 0.15) is 12.5 Å². The molecule has 2 rings (SSSR count). The first-order chi connectivity index (χ1) is 10.3. The van der Waals surface area contributed by atoms with Crippen molar-refractivity contribution in [1.29, 1.82) is 0 Å². The Kier molecular flexibility index (Phi) is 6.10. The lowest BCUT2D eigenvalue weighted by Gasteiger charge is -2.10. The summed E-state index contributed by atoms with van der Waals surface area (Å²) in [5.74, 6) is 0.0570. The zero-order valence-electron chi connectivity index (χ0n) is 12.0. The number of hydrogen-bond acceptors (Lipinski definition) is 2. The minimum absolute atomic E-state index is 0.0570. The molecule has 0 aromatic heterocycles. The first-order valence-corrected chi connectivity index (χ1v) is 7.84. The summed E-state index contributed by atoms with van der Waals surface area (Å²) in [6.45, 7) is 2.47. The van der Waals surface area contributed by atoms with Crippen LogP contribution in [0, 0.1) is 0 Å². The molecule has 0 aliphatic carbocycles. The van der Waals surface area contributed by atoms with Crippen molar-refractivity contribution in [2.24, 2.45) is 0 Å². The summed E-state index contributed by atoms with van der Waals surface area (Å²) in [6.07, 6.45) is 3.97. The van der Waals surface area contributed by atoms with E-state index < -0.39 is 0 Å². The van der Waals surface area contributed by atoms with Crippen LogP contribution in [0.3, 0.4) is 0 Å². The van der Waals surface area contributed by atoms with E-state index in [0.717, 1.165) is 10.5 Å². The van der Waals surface area contributed by atoms with Gasteiger partial charge in [-0.25, -0.2) is 0 Å². The molecular formula is C18H19NOS. The standard InChI is InChI=1S/C18H19NOS/c1-15(21-17-12-6-3-7-13-17)18(20)19-14-8-11-16-9-4-2-5-10-16/h2-13,15H,14H2,1H3,(H,19,20)/b11-8+. The molecule has 0 aliphatic heterocycles. The van der Waals surface area contributed by atoms with Crippen molar-refractivity contribution in [3.63, 3.8) is 0 Å². The Labute approximate surface area is 130 Å². The molecular weight excluding hydrogens is 278 g/mol. The van der Waals surface area contributed by atoms with Gasteiger partial charge in [0.25, 0.3) is 0 Å². The number of carbonyl (C=O) groups excluding carboxylic acids is 1. The van der Waals surface area contributed by atoms with Crippen LogP contribution in [0.15, 0.2) is 71.6 Å². The molecule has 0 saturated heterocycles. The number of rotatable bonds is 6. The van der Waals surface area contributed by atoms with Crippen molar-refractivity contribution in [1.82, 2.24) is 5.32 Å². The molecule has 0 bridgehead atoms. The largest absolute Gasteiger partial charge is 0.352 e. The highest BCUT2D eigenvalue weighted by molar-refractivity contribution is 8.00. The number of carbonyl (C=O) groups is 1. The molecule has 2 nitrogen and oxygen atoms in total. The lowest BCUT2D eigenvalue weighted by atomic mass is 10.2. The van der Waals surface area contributed by atoms with Gasteiger partial charge in [-0.2, -0.15) is 0 Å². The molecule has 2 aromatic carbocycles. The smallest absolute Gasteiger partial charge is 0.233 e. The maximum absolute atomic E-state index is 12.0. The topological polar surface area (TPSA) is 29.1 Å². The summed E-state index contributed by atoms with van der Waals surface area (Å²) < 4.78 is 0. The van der Waals surface area contributed by atoms with Crippen LogP contribution in [0.25, 0.3) is 6.08 Å². The van der Waals surface area contributed by atoms with Gasteiger partial charge in [-0.1, -0.05) is 60.7 Å². The number of benzene rings is 2. The summed E-state index contributed by atoms with van der Waals surface area (Å²) in [5, 5.41) is 2.83. The van der Waals surface area contributed by atoms with Crippen LogP contribution in [0.4, 0.5) is 0 Å². The Bertz CT molecular complexity index is 581. The summed E-state index contributed by atoms with van der Waals surface area (Å²) in [5.41, 5.74) is 1.14. The second kappa shape index (κ2) is 8.32. The lowest BCUT2D eigenvalue weighted by molar-refractivity contribution is -0.120. The van der Waals surface area contributed by atoms with Crippen LogP contribution < -0.4 is 5.32 Å². The Hall–Kier alpha value is -2.00. The Morgan fingerprint density at radius 1 is 1.10 bits per heavy atom. The molecule has 1 N–H and O–H groups in total. The third-order valence-electron chi connectivity index (χ3n) is 2.93. The molecule has 0 fully saturated rings. The Morgan fingerprint density at radius 2 is 1.71 bits per heavy atom. The van der Waals surface area contributed by atoms with Gasteiger partial charge < -0.3 is 5.32 Å². The van der Waals surface area contributed by atoms with E-state index in [1.54, 1.807) is 11.8 Å². The van der Waals surface area contributed by atoms with Crippen molar-refractivity contribution in [2.75, 3.05) is 6.54 Å². The van der Waals surface area contributed by atoms with E-state index in [0.29, 0.717) is 6.54 Å². The molecule has 108 valence electrons. The summed E-state index contributed by atoms with van der Waals surface area (Å²) in [4.78, 5) is 13.1. The van der Waals surface area contributed by atoms with Gasteiger partial charge in [0, 0.05) is 11.4 Å². The van der Waals surface area contributed by atoms with Crippen molar-refractivity contribution in [3.05, 3.63) is 72.3 Å². The summed E-state index contributed by atoms with van der Waals surface area (Å²) >= 11 is 1.57. The van der Waals surface area contributed by atoms with Crippen LogP contribution in [-0.2, 0) is 4.79 Å². The molecule has 0 spiro atoms. The van der Waals surface area contributed by atoms with E-state index in [4.69, 9.17) is 0 Å². The van der Waals surface area contributed by atoms with E-state index in [2.05, 4.69) is 5.32 Å². The molecule has 0 radical (unpaired) electrons. The van der Waals surface area contributed by atoms with E-state index in [9.17, 15) is 4.79 Å². The van der Waals surface area contributed by atoms with Crippen molar-refractivity contribution in [3.8, 4) is 0 Å². The van der Waals surface area contributed by atoms with E-state index in [1.165, 1.54) is 0 Å². The second-order valence-electron chi connectivity index (χ2n) is 4.63. The highest BCUT2D eigenvalue weighted by Crippen LogP contribution is 2.22. The monoisotopic (exact) mass is 297 g/mol. The van der Waals surface area contributed by atoms with Gasteiger partial charge in [-0.3, -0.25) is 4.79 Å². The highest BCUT2D eigenvalue weighted by atomic mass is 32.2. The van der Waals surface area contributed by atoms with Gasteiger partial charge >= 0.3 is 0 Å². The number of amides is 1. The van der Waals surface area contributed by atoms with Gasteiger partial charge in [-0.15, -0.1) is 11.8 Å². The highest BCUT2D eigenvalue weighted by Gasteiger charge is 2.12.